The third kappa shape index (κ3) is 2.31. The van der Waals surface area contributed by atoms with E-state index in [1.165, 1.54) is 7.05 Å². The third-order valence-corrected chi connectivity index (χ3v) is 3.64. The Hall–Kier alpha value is -3.13. The Balaban J connectivity index is 1.79. The molecule has 0 saturated carbocycles. The molecule has 3 rings (SSSR count). The Kier molecular flexibility index (Phi) is 3.36. The standard InChI is InChI=1S/C17H13N3O2/c1-20-16(21)14-6-5-13(8-15(14)17(20)22)19-10-12-4-2-3-11(7-12)9-18/h2-8,19H,10H2,1H3. The number of carbonyl (C=O) groups excluding carboxylic acids is 2. The molecule has 5 heteroatoms. The number of amides is 2. The molecule has 0 radical (unpaired) electrons. The average Bonchev–Trinajstić information content (AvgIpc) is 2.77. The molecule has 1 aliphatic heterocycles. The van der Waals surface area contributed by atoms with Gasteiger partial charge in [0.25, 0.3) is 11.8 Å². The van der Waals surface area contributed by atoms with Gasteiger partial charge in [-0.2, -0.15) is 5.26 Å². The van der Waals surface area contributed by atoms with Gasteiger partial charge in [0.2, 0.25) is 0 Å². The van der Waals surface area contributed by atoms with Crippen molar-refractivity contribution in [2.75, 3.05) is 12.4 Å². The van der Waals surface area contributed by atoms with E-state index < -0.39 is 0 Å². The highest BCUT2D eigenvalue weighted by atomic mass is 16.2. The Morgan fingerprint density at radius 3 is 2.64 bits per heavy atom. The van der Waals surface area contributed by atoms with Crippen molar-refractivity contribution in [3.8, 4) is 6.07 Å². The minimum Gasteiger partial charge on any atom is -0.381 e. The minimum atomic E-state index is -0.282. The number of carbonyl (C=O) groups is 2. The van der Waals surface area contributed by atoms with Crippen LogP contribution in [-0.4, -0.2) is 23.8 Å². The summed E-state index contributed by atoms with van der Waals surface area (Å²) in [6.45, 7) is 0.534. The van der Waals surface area contributed by atoms with Gasteiger partial charge in [0.1, 0.15) is 0 Å². The van der Waals surface area contributed by atoms with Crippen molar-refractivity contribution in [3.63, 3.8) is 0 Å². The first-order chi connectivity index (χ1) is 10.6. The predicted molar refractivity (Wildman–Crippen MR) is 81.3 cm³/mol. The molecule has 0 saturated heterocycles. The van der Waals surface area contributed by atoms with Crippen LogP contribution in [0.1, 0.15) is 31.8 Å². The second-order valence-electron chi connectivity index (χ2n) is 5.10. The van der Waals surface area contributed by atoms with E-state index in [1.54, 1.807) is 24.3 Å². The Bertz CT molecular complexity index is 821. The Morgan fingerprint density at radius 2 is 1.86 bits per heavy atom. The number of hydrogen-bond donors (Lipinski definition) is 1. The first kappa shape index (κ1) is 13.8. The monoisotopic (exact) mass is 291 g/mol. The zero-order chi connectivity index (χ0) is 15.7. The smallest absolute Gasteiger partial charge is 0.261 e. The topological polar surface area (TPSA) is 73.2 Å². The van der Waals surface area contributed by atoms with Crippen LogP contribution in [0.25, 0.3) is 0 Å². The van der Waals surface area contributed by atoms with Crippen molar-refractivity contribution in [1.82, 2.24) is 4.90 Å². The fraction of sp³-hybridized carbons (Fsp3) is 0.118. The molecule has 22 heavy (non-hydrogen) atoms. The molecule has 1 N–H and O–H groups in total. The molecular weight excluding hydrogens is 278 g/mol. The highest BCUT2D eigenvalue weighted by Crippen LogP contribution is 2.25. The van der Waals surface area contributed by atoms with E-state index in [-0.39, 0.29) is 11.8 Å². The van der Waals surface area contributed by atoms with Crippen molar-refractivity contribution in [3.05, 3.63) is 64.7 Å². The third-order valence-electron chi connectivity index (χ3n) is 3.64. The summed E-state index contributed by atoms with van der Waals surface area (Å²) in [5.74, 6) is -0.552. The number of rotatable bonds is 3. The molecule has 0 fully saturated rings. The summed E-state index contributed by atoms with van der Waals surface area (Å²) in [4.78, 5) is 24.9. The quantitative estimate of drug-likeness (QED) is 0.881. The van der Waals surface area contributed by atoms with Crippen LogP contribution in [0.15, 0.2) is 42.5 Å². The summed E-state index contributed by atoms with van der Waals surface area (Å²) in [6.07, 6.45) is 0. The van der Waals surface area contributed by atoms with Crippen molar-refractivity contribution >= 4 is 17.5 Å². The zero-order valence-electron chi connectivity index (χ0n) is 12.0. The van der Waals surface area contributed by atoms with Crippen molar-refractivity contribution in [1.29, 1.82) is 5.26 Å². The van der Waals surface area contributed by atoms with Gasteiger partial charge >= 0.3 is 0 Å². The van der Waals surface area contributed by atoms with E-state index in [1.807, 2.05) is 18.2 Å². The molecule has 0 aliphatic carbocycles. The van der Waals surface area contributed by atoms with E-state index in [2.05, 4.69) is 11.4 Å². The molecule has 1 heterocycles. The van der Waals surface area contributed by atoms with Crippen LogP contribution in [0.2, 0.25) is 0 Å². The van der Waals surface area contributed by atoms with Crippen molar-refractivity contribution in [2.24, 2.45) is 0 Å². The van der Waals surface area contributed by atoms with Crippen LogP contribution in [0, 0.1) is 11.3 Å². The number of nitrogens with one attached hydrogen (secondary N) is 1. The number of anilines is 1. The lowest BCUT2D eigenvalue weighted by molar-refractivity contribution is 0.0693. The number of hydrogen-bond acceptors (Lipinski definition) is 4. The first-order valence-corrected chi connectivity index (χ1v) is 6.79. The number of imide groups is 1. The molecule has 5 nitrogen and oxygen atoms in total. The van der Waals surface area contributed by atoms with Crippen molar-refractivity contribution in [2.45, 2.75) is 6.54 Å². The molecule has 1 aliphatic rings. The lowest BCUT2D eigenvalue weighted by Gasteiger charge is -2.07. The lowest BCUT2D eigenvalue weighted by Crippen LogP contribution is -2.24. The summed E-state index contributed by atoms with van der Waals surface area (Å²) in [5.41, 5.74) is 3.19. The van der Waals surface area contributed by atoms with E-state index >= 15 is 0 Å². The number of benzene rings is 2. The summed E-state index contributed by atoms with van der Waals surface area (Å²) in [5, 5.41) is 12.1. The highest BCUT2D eigenvalue weighted by molar-refractivity contribution is 6.21. The second-order valence-corrected chi connectivity index (χ2v) is 5.10. The van der Waals surface area contributed by atoms with Gasteiger partial charge in [-0.15, -0.1) is 0 Å². The lowest BCUT2D eigenvalue weighted by atomic mass is 10.1. The molecule has 0 unspecified atom stereocenters. The van der Waals surface area contributed by atoms with E-state index in [0.717, 1.165) is 16.2 Å². The van der Waals surface area contributed by atoms with Crippen LogP contribution in [0.5, 0.6) is 0 Å². The molecular formula is C17H13N3O2. The van der Waals surface area contributed by atoms with Crippen molar-refractivity contribution < 1.29 is 9.59 Å². The van der Waals surface area contributed by atoms with Gasteiger partial charge in [0, 0.05) is 19.3 Å². The zero-order valence-corrected chi connectivity index (χ0v) is 12.0. The maximum absolute atomic E-state index is 12.0. The van der Waals surface area contributed by atoms with E-state index in [0.29, 0.717) is 23.2 Å². The van der Waals surface area contributed by atoms with E-state index in [4.69, 9.17) is 5.26 Å². The second kappa shape index (κ2) is 5.34. The molecule has 108 valence electrons. The normalized spacial score (nSPS) is 13.0. The average molecular weight is 291 g/mol. The fourth-order valence-corrected chi connectivity index (χ4v) is 2.43. The molecule has 2 amide bonds. The molecule has 0 bridgehead atoms. The van der Waals surface area contributed by atoms with Gasteiger partial charge in [0.15, 0.2) is 0 Å². The van der Waals surface area contributed by atoms with Gasteiger partial charge in [0.05, 0.1) is 22.8 Å². The largest absolute Gasteiger partial charge is 0.381 e. The molecule has 0 aromatic heterocycles. The molecule has 0 spiro atoms. The number of nitriles is 1. The maximum atomic E-state index is 12.0. The molecule has 2 aromatic carbocycles. The Morgan fingerprint density at radius 1 is 1.09 bits per heavy atom. The maximum Gasteiger partial charge on any atom is 0.261 e. The first-order valence-electron chi connectivity index (χ1n) is 6.79. The minimum absolute atomic E-state index is 0.270. The summed E-state index contributed by atoms with van der Waals surface area (Å²) < 4.78 is 0. The number of fused-ring (bicyclic) bond motifs is 1. The van der Waals surface area contributed by atoms with Crippen LogP contribution in [-0.2, 0) is 6.54 Å². The summed E-state index contributed by atoms with van der Waals surface area (Å²) in [7, 11) is 1.48. The van der Waals surface area contributed by atoms with Gasteiger partial charge in [-0.1, -0.05) is 12.1 Å². The molecule has 2 aromatic rings. The van der Waals surface area contributed by atoms with Crippen LogP contribution < -0.4 is 5.32 Å². The van der Waals surface area contributed by atoms with Gasteiger partial charge in [-0.25, -0.2) is 0 Å². The van der Waals surface area contributed by atoms with Crippen LogP contribution in [0.3, 0.4) is 0 Å². The predicted octanol–water partition coefficient (Wildman–Crippen LogP) is 2.40. The van der Waals surface area contributed by atoms with E-state index in [9.17, 15) is 9.59 Å². The van der Waals surface area contributed by atoms with Gasteiger partial charge in [-0.05, 0) is 35.9 Å². The van der Waals surface area contributed by atoms with Gasteiger partial charge in [-0.3, -0.25) is 14.5 Å². The fourth-order valence-electron chi connectivity index (χ4n) is 2.43. The highest BCUT2D eigenvalue weighted by Gasteiger charge is 2.32. The Labute approximate surface area is 127 Å². The van der Waals surface area contributed by atoms with Gasteiger partial charge < -0.3 is 5.32 Å². The molecule has 0 atom stereocenters. The summed E-state index contributed by atoms with van der Waals surface area (Å²) in [6, 6.07) is 14.5. The summed E-state index contributed by atoms with van der Waals surface area (Å²) >= 11 is 0. The van der Waals surface area contributed by atoms with Crippen LogP contribution >= 0.6 is 0 Å². The van der Waals surface area contributed by atoms with Crippen LogP contribution in [0.4, 0.5) is 5.69 Å². The SMILES string of the molecule is CN1C(=O)c2ccc(NCc3cccc(C#N)c3)cc2C1=O. The number of nitrogens with zero attached hydrogens (tertiary/aromatic N) is 2.